The van der Waals surface area contributed by atoms with E-state index in [-0.39, 0.29) is 4.90 Å². The monoisotopic (exact) mass is 421 g/mol. The van der Waals surface area contributed by atoms with E-state index in [9.17, 15) is 8.42 Å². The second-order valence-corrected chi connectivity index (χ2v) is 8.07. The molecule has 0 spiro atoms. The molecule has 0 fully saturated rings. The highest BCUT2D eigenvalue weighted by atomic mass is 79.9. The zero-order valence-corrected chi connectivity index (χ0v) is 16.0. The molecule has 3 rings (SSSR count). The van der Waals surface area contributed by atoms with Gasteiger partial charge in [0.1, 0.15) is 0 Å². The number of nitrogens with one attached hydrogen (secondary N) is 1. The van der Waals surface area contributed by atoms with Crippen molar-refractivity contribution in [3.63, 3.8) is 0 Å². The highest BCUT2D eigenvalue weighted by Crippen LogP contribution is 2.28. The largest absolute Gasteiger partial charge is 0.438 e. The third kappa shape index (κ3) is 3.85. The van der Waals surface area contributed by atoms with Crippen molar-refractivity contribution >= 4 is 48.8 Å². The maximum Gasteiger partial charge on any atom is 0.276 e. The van der Waals surface area contributed by atoms with Crippen LogP contribution in [0.4, 0.5) is 5.88 Å². The van der Waals surface area contributed by atoms with Crippen LogP contribution in [0.2, 0.25) is 0 Å². The fraction of sp³-hybridized carbons (Fsp3) is 0.118. The number of hydrogen-bond acceptors (Lipinski definition) is 5. The van der Waals surface area contributed by atoms with E-state index in [1.54, 1.807) is 29.2 Å². The van der Waals surface area contributed by atoms with Crippen LogP contribution in [0.25, 0.3) is 10.8 Å². The van der Waals surface area contributed by atoms with E-state index in [2.05, 4.69) is 25.9 Å². The fourth-order valence-electron chi connectivity index (χ4n) is 2.29. The molecule has 1 N–H and O–H groups in total. The summed E-state index contributed by atoms with van der Waals surface area (Å²) in [4.78, 5) is 4.14. The maximum atomic E-state index is 12.4. The Balaban J connectivity index is 1.79. The highest BCUT2D eigenvalue weighted by Gasteiger charge is 2.14. The van der Waals surface area contributed by atoms with Crippen molar-refractivity contribution in [1.29, 1.82) is 0 Å². The molecule has 3 aromatic rings. The van der Waals surface area contributed by atoms with Gasteiger partial charge in [-0.1, -0.05) is 30.3 Å². The van der Waals surface area contributed by atoms with E-state index in [1.807, 2.05) is 38.4 Å². The Hall–Kier alpha value is -2.32. The average Bonchev–Trinajstić information content (AvgIpc) is 2.95. The van der Waals surface area contributed by atoms with Crippen molar-refractivity contribution in [3.8, 4) is 0 Å². The molecule has 130 valence electrons. The van der Waals surface area contributed by atoms with E-state index >= 15 is 0 Å². The first-order chi connectivity index (χ1) is 11.9. The third-order valence-electron chi connectivity index (χ3n) is 3.49. The number of hydrazone groups is 1. The van der Waals surface area contributed by atoms with Crippen LogP contribution in [0.15, 0.2) is 67.4 Å². The van der Waals surface area contributed by atoms with Crippen molar-refractivity contribution in [2.45, 2.75) is 4.90 Å². The van der Waals surface area contributed by atoms with Crippen LogP contribution in [-0.2, 0) is 10.0 Å². The number of sulfonamides is 1. The normalized spacial score (nSPS) is 12.0. The number of fused-ring (bicyclic) bond motifs is 1. The Bertz CT molecular complexity index is 1040. The summed E-state index contributed by atoms with van der Waals surface area (Å²) in [5.41, 5.74) is 0. The van der Waals surface area contributed by atoms with E-state index in [0.29, 0.717) is 11.6 Å². The lowest BCUT2D eigenvalue weighted by atomic mass is 10.1. The molecule has 0 bridgehead atoms. The molecule has 6 nitrogen and oxygen atoms in total. The quantitative estimate of drug-likeness (QED) is 0.504. The summed E-state index contributed by atoms with van der Waals surface area (Å²) in [5, 5.41) is 5.61. The summed E-state index contributed by atoms with van der Waals surface area (Å²) in [6.07, 6.45) is 1.32. The molecule has 8 heteroatoms. The van der Waals surface area contributed by atoms with Crippen LogP contribution < -0.4 is 9.73 Å². The molecule has 0 aliphatic rings. The SMILES string of the molecule is CN(C)c1oc(/C=N/NS(=O)(=O)c2ccc3ccccc3c2)cc1Br. The summed E-state index contributed by atoms with van der Waals surface area (Å²) < 4.78 is 31.1. The van der Waals surface area contributed by atoms with Crippen LogP contribution in [0.3, 0.4) is 0 Å². The van der Waals surface area contributed by atoms with Crippen LogP contribution >= 0.6 is 15.9 Å². The zero-order valence-electron chi connectivity index (χ0n) is 13.6. The molecular weight excluding hydrogens is 406 g/mol. The summed E-state index contributed by atoms with van der Waals surface area (Å²) in [6.45, 7) is 0. The molecule has 0 saturated heterocycles. The predicted octanol–water partition coefficient (Wildman–Crippen LogP) is 3.57. The van der Waals surface area contributed by atoms with E-state index < -0.39 is 10.0 Å². The Kier molecular flexibility index (Phi) is 4.82. The number of benzene rings is 2. The first-order valence-electron chi connectivity index (χ1n) is 7.37. The molecular formula is C17H16BrN3O3S. The van der Waals surface area contributed by atoms with Gasteiger partial charge in [-0.15, -0.1) is 0 Å². The molecule has 2 aromatic carbocycles. The highest BCUT2D eigenvalue weighted by molar-refractivity contribution is 9.10. The lowest BCUT2D eigenvalue weighted by Gasteiger charge is -2.07. The van der Waals surface area contributed by atoms with Crippen molar-refractivity contribution < 1.29 is 12.8 Å². The number of rotatable bonds is 5. The second-order valence-electron chi connectivity index (χ2n) is 5.56. The van der Waals surface area contributed by atoms with Crippen LogP contribution in [0.5, 0.6) is 0 Å². The average molecular weight is 422 g/mol. The van der Waals surface area contributed by atoms with Crippen molar-refractivity contribution in [3.05, 3.63) is 58.8 Å². The Morgan fingerprint density at radius 3 is 2.52 bits per heavy atom. The number of hydrogen-bond donors (Lipinski definition) is 1. The summed E-state index contributed by atoms with van der Waals surface area (Å²) >= 11 is 3.37. The molecule has 0 atom stereocenters. The van der Waals surface area contributed by atoms with Gasteiger partial charge in [-0.05, 0) is 38.8 Å². The van der Waals surface area contributed by atoms with Gasteiger partial charge in [0, 0.05) is 20.2 Å². The number of nitrogens with zero attached hydrogens (tertiary/aromatic N) is 2. The molecule has 0 aliphatic carbocycles. The summed E-state index contributed by atoms with van der Waals surface area (Å²) in [5.74, 6) is 1.05. The van der Waals surface area contributed by atoms with Gasteiger partial charge in [-0.2, -0.15) is 18.4 Å². The summed E-state index contributed by atoms with van der Waals surface area (Å²) in [6, 6.07) is 14.2. The lowest BCUT2D eigenvalue weighted by Crippen LogP contribution is -2.18. The van der Waals surface area contributed by atoms with Gasteiger partial charge in [-0.3, -0.25) is 0 Å². The van der Waals surface area contributed by atoms with Gasteiger partial charge >= 0.3 is 0 Å². The van der Waals surface area contributed by atoms with Gasteiger partial charge in [0.15, 0.2) is 5.76 Å². The molecule has 25 heavy (non-hydrogen) atoms. The fourth-order valence-corrected chi connectivity index (χ4v) is 3.78. The Morgan fingerprint density at radius 2 is 1.84 bits per heavy atom. The maximum absolute atomic E-state index is 12.4. The first-order valence-corrected chi connectivity index (χ1v) is 9.65. The molecule has 0 unspecified atom stereocenters. The van der Waals surface area contributed by atoms with E-state index in [0.717, 1.165) is 15.2 Å². The Labute approximate surface area is 154 Å². The number of halogens is 1. The van der Waals surface area contributed by atoms with Gasteiger partial charge in [0.05, 0.1) is 15.6 Å². The zero-order chi connectivity index (χ0) is 18.0. The van der Waals surface area contributed by atoms with Crippen molar-refractivity contribution in [2.75, 3.05) is 19.0 Å². The van der Waals surface area contributed by atoms with Gasteiger partial charge < -0.3 is 9.32 Å². The minimum absolute atomic E-state index is 0.151. The molecule has 0 saturated carbocycles. The van der Waals surface area contributed by atoms with Crippen LogP contribution in [-0.4, -0.2) is 28.7 Å². The molecule has 0 amide bonds. The second kappa shape index (κ2) is 6.89. The molecule has 0 aliphatic heterocycles. The number of anilines is 1. The van der Waals surface area contributed by atoms with Gasteiger partial charge in [0.25, 0.3) is 10.0 Å². The third-order valence-corrected chi connectivity index (χ3v) is 5.28. The first kappa shape index (κ1) is 17.5. The van der Waals surface area contributed by atoms with Crippen LogP contribution in [0.1, 0.15) is 5.76 Å². The van der Waals surface area contributed by atoms with Gasteiger partial charge in [0.2, 0.25) is 5.88 Å². The molecule has 0 radical (unpaired) electrons. The summed E-state index contributed by atoms with van der Waals surface area (Å²) in [7, 11) is -0.0728. The topological polar surface area (TPSA) is 74.9 Å². The smallest absolute Gasteiger partial charge is 0.276 e. The minimum Gasteiger partial charge on any atom is -0.438 e. The Morgan fingerprint density at radius 1 is 1.12 bits per heavy atom. The lowest BCUT2D eigenvalue weighted by molar-refractivity contribution is 0.556. The van der Waals surface area contributed by atoms with Gasteiger partial charge in [-0.25, -0.2) is 0 Å². The van der Waals surface area contributed by atoms with E-state index in [1.165, 1.54) is 6.21 Å². The predicted molar refractivity (Wildman–Crippen MR) is 103 cm³/mol. The van der Waals surface area contributed by atoms with Crippen molar-refractivity contribution in [1.82, 2.24) is 4.83 Å². The van der Waals surface area contributed by atoms with Crippen LogP contribution in [0, 0.1) is 0 Å². The minimum atomic E-state index is -3.75. The van der Waals surface area contributed by atoms with Crippen molar-refractivity contribution in [2.24, 2.45) is 5.10 Å². The molecule has 1 heterocycles. The standard InChI is InChI=1S/C17H16BrN3O3S/c1-21(2)17-16(18)10-14(24-17)11-19-20-25(22,23)15-8-7-12-5-3-4-6-13(12)9-15/h3-11,20H,1-2H3/b19-11+. The molecule has 1 aromatic heterocycles. The number of furan rings is 1. The van der Waals surface area contributed by atoms with E-state index in [4.69, 9.17) is 4.42 Å².